The van der Waals surface area contributed by atoms with Crippen molar-refractivity contribution in [2.45, 2.75) is 86.3 Å². The van der Waals surface area contributed by atoms with Crippen molar-refractivity contribution in [2.75, 3.05) is 13.2 Å². The summed E-state index contributed by atoms with van der Waals surface area (Å²) in [6.07, 6.45) is -14.1. The van der Waals surface area contributed by atoms with Gasteiger partial charge in [-0.05, 0) is 17.7 Å². The van der Waals surface area contributed by atoms with Crippen molar-refractivity contribution in [3.05, 3.63) is 41.1 Å². The van der Waals surface area contributed by atoms with Crippen LogP contribution in [-0.2, 0) is 35.0 Å². The number of hydrogen-bond acceptors (Lipinski definition) is 17. The van der Waals surface area contributed by atoms with Gasteiger partial charge in [0.2, 0.25) is 18.0 Å². The van der Waals surface area contributed by atoms with E-state index in [-0.39, 0.29) is 29.7 Å². The van der Waals surface area contributed by atoms with Crippen LogP contribution in [0.2, 0.25) is 0 Å². The number of aliphatic hydroxyl groups excluding tert-OH is 7. The van der Waals surface area contributed by atoms with Crippen LogP contribution in [0.5, 0.6) is 11.5 Å². The lowest BCUT2D eigenvalue weighted by Gasteiger charge is -2.45. The Balaban J connectivity index is 1.48. The minimum absolute atomic E-state index is 0.136. The van der Waals surface area contributed by atoms with Gasteiger partial charge in [-0.3, -0.25) is 0 Å². The maximum atomic E-state index is 12.1. The molecule has 4 aliphatic rings. The molecular formula is C30H36N2O18. The molecule has 12 atom stereocenters. The number of aliphatic carboxylic acids is 3. The summed E-state index contributed by atoms with van der Waals surface area (Å²) >= 11 is 0. The predicted octanol–water partition coefficient (Wildman–Crippen LogP) is -5.87. The summed E-state index contributed by atoms with van der Waals surface area (Å²) in [5.74, 6) is -5.23. The van der Waals surface area contributed by atoms with Crippen molar-refractivity contribution in [1.29, 1.82) is 0 Å². The third kappa shape index (κ3) is 7.30. The number of phenolic OH excluding ortho intramolecular Hbond substituents is 1. The van der Waals surface area contributed by atoms with E-state index in [1.54, 1.807) is 0 Å². The fourth-order valence-corrected chi connectivity index (χ4v) is 6.04. The highest BCUT2D eigenvalue weighted by molar-refractivity contribution is 5.89. The Kier molecular flexibility index (Phi) is 11.1. The van der Waals surface area contributed by atoms with Gasteiger partial charge in [0.1, 0.15) is 60.4 Å². The van der Waals surface area contributed by atoms with E-state index in [9.17, 15) is 70.6 Å². The maximum absolute atomic E-state index is 12.1. The molecule has 0 saturated carbocycles. The average Bonchev–Trinajstić information content (AvgIpc) is 3.43. The molecular weight excluding hydrogens is 676 g/mol. The van der Waals surface area contributed by atoms with Gasteiger partial charge in [0.05, 0.1) is 19.3 Å². The molecule has 0 amide bonds. The number of carboxylic acid groups (broad SMARTS) is 3. The number of carboxylic acids is 3. The lowest BCUT2D eigenvalue weighted by molar-refractivity contribution is -0.475. The number of ether oxygens (including phenoxy) is 4. The van der Waals surface area contributed by atoms with E-state index in [0.717, 1.165) is 0 Å². The molecule has 0 aromatic heterocycles. The molecule has 2 fully saturated rings. The molecule has 2 saturated heterocycles. The second-order valence-electron chi connectivity index (χ2n) is 12.0. The SMILES string of the molecule is O=C(O)C1=C/C(=C/C=[N+]2c3cc(O[C@@H]4O[C@H](CO)[C@@H](O)[C@H](O)[C@H]4O[C@@H]4O[C@H](CO)[C@@H](O)[C@H](O)[C@H]4O)c(O)cc3C[C@H]2C(=O)[O-])C[C@H](C(=O)O)N1. The van der Waals surface area contributed by atoms with Crippen molar-refractivity contribution < 1.29 is 94.1 Å². The Morgan fingerprint density at radius 2 is 1.56 bits per heavy atom. The van der Waals surface area contributed by atoms with Crippen molar-refractivity contribution in [3.8, 4) is 11.5 Å². The molecule has 50 heavy (non-hydrogen) atoms. The van der Waals surface area contributed by atoms with E-state index in [4.69, 9.17) is 18.9 Å². The third-order valence-corrected chi connectivity index (χ3v) is 8.74. The van der Waals surface area contributed by atoms with Gasteiger partial charge in [0, 0.05) is 24.5 Å². The number of benzene rings is 1. The highest BCUT2D eigenvalue weighted by atomic mass is 16.8. The van der Waals surface area contributed by atoms with Crippen molar-refractivity contribution in [3.63, 3.8) is 0 Å². The van der Waals surface area contributed by atoms with E-state index >= 15 is 0 Å². The van der Waals surface area contributed by atoms with Gasteiger partial charge in [0.15, 0.2) is 30.1 Å². The number of nitrogens with one attached hydrogen (secondary N) is 1. The number of nitrogens with zero attached hydrogens (tertiary/aromatic N) is 1. The van der Waals surface area contributed by atoms with E-state index in [1.807, 2.05) is 0 Å². The molecule has 0 aliphatic carbocycles. The van der Waals surface area contributed by atoms with E-state index in [2.05, 4.69) is 5.32 Å². The van der Waals surface area contributed by atoms with Crippen LogP contribution in [0.3, 0.4) is 0 Å². The second-order valence-corrected chi connectivity index (χ2v) is 12.0. The third-order valence-electron chi connectivity index (χ3n) is 8.74. The molecule has 20 nitrogen and oxygen atoms in total. The fourth-order valence-electron chi connectivity index (χ4n) is 6.04. The van der Waals surface area contributed by atoms with Crippen LogP contribution >= 0.6 is 0 Å². The standard InChI is InChI=1S/C30H36N2O18/c33-8-18-20(36)22(38)24(40)29(48-18)50-25-23(39)21(37)19(9-34)49-30(25)47-17-7-14-11(6-16(17)35)5-15(28(45)46)32(14)2-1-10-3-12(26(41)42)31-13(4-10)27(43)44/h1-3,6-7,13,15,18-25,29-30,33-34,36-40H,4-5,8-9H2,(H4,35,41,42,43,44,45,46)/t13-,15+,18-,19-,20-,21-,22+,23+,24-,25-,29+,30-/m1/s1. The van der Waals surface area contributed by atoms with E-state index in [1.165, 1.54) is 35.1 Å². The number of aliphatic hydroxyl groups is 7. The zero-order chi connectivity index (χ0) is 36.6. The number of carbonyl (C=O) groups is 3. The largest absolute Gasteiger partial charge is 0.543 e. The second kappa shape index (κ2) is 14.9. The van der Waals surface area contributed by atoms with Crippen LogP contribution < -0.4 is 15.2 Å². The number of allylic oxidation sites excluding steroid dienone is 2. The lowest BCUT2D eigenvalue weighted by Crippen LogP contribution is -2.65. The normalized spacial score (nSPS) is 37.1. The van der Waals surface area contributed by atoms with Gasteiger partial charge >= 0.3 is 11.9 Å². The smallest absolute Gasteiger partial charge is 0.351 e. The van der Waals surface area contributed by atoms with Gasteiger partial charge < -0.3 is 85.2 Å². The predicted molar refractivity (Wildman–Crippen MR) is 157 cm³/mol. The quantitative estimate of drug-likeness (QED) is 0.101. The molecule has 0 radical (unpaired) electrons. The van der Waals surface area contributed by atoms with Crippen molar-refractivity contribution in [1.82, 2.24) is 5.32 Å². The molecule has 1 aromatic rings. The molecule has 0 spiro atoms. The fraction of sp³-hybridized carbons (Fsp3) is 0.533. The molecule has 4 heterocycles. The maximum Gasteiger partial charge on any atom is 0.351 e. The van der Waals surface area contributed by atoms with Gasteiger partial charge in [-0.25, -0.2) is 9.59 Å². The Hall–Kier alpha value is -4.22. The highest BCUT2D eigenvalue weighted by Crippen LogP contribution is 2.41. The molecule has 274 valence electrons. The zero-order valence-electron chi connectivity index (χ0n) is 25.8. The van der Waals surface area contributed by atoms with Crippen LogP contribution in [0.25, 0.3) is 0 Å². The summed E-state index contributed by atoms with van der Waals surface area (Å²) in [5, 5.41) is 116. The number of hydrogen-bond donors (Lipinski definition) is 11. The number of fused-ring (bicyclic) bond motifs is 1. The number of carbonyl (C=O) groups excluding carboxylic acids is 1. The minimum Gasteiger partial charge on any atom is -0.543 e. The van der Waals surface area contributed by atoms with Gasteiger partial charge in [-0.15, -0.1) is 0 Å². The number of phenols is 1. The Labute approximate surface area is 281 Å². The van der Waals surface area contributed by atoms with Crippen LogP contribution in [-0.4, -0.2) is 166 Å². The molecule has 0 unspecified atom stereocenters. The molecule has 11 N–H and O–H groups in total. The van der Waals surface area contributed by atoms with E-state index < -0.39 is 122 Å². The van der Waals surface area contributed by atoms with Crippen LogP contribution in [0.4, 0.5) is 5.69 Å². The Morgan fingerprint density at radius 3 is 2.16 bits per heavy atom. The lowest BCUT2D eigenvalue weighted by atomic mass is 9.97. The topological polar surface area (TPSA) is 329 Å². The minimum atomic E-state index is -1.94. The van der Waals surface area contributed by atoms with Crippen LogP contribution in [0.1, 0.15) is 12.0 Å². The summed E-state index contributed by atoms with van der Waals surface area (Å²) in [6.45, 7) is -1.64. The molecule has 5 rings (SSSR count). The van der Waals surface area contributed by atoms with Crippen molar-refractivity contribution >= 4 is 29.8 Å². The first kappa shape index (κ1) is 37.0. The van der Waals surface area contributed by atoms with Crippen LogP contribution in [0.15, 0.2) is 35.6 Å². The Morgan fingerprint density at radius 1 is 0.920 bits per heavy atom. The zero-order valence-corrected chi connectivity index (χ0v) is 25.8. The average molecular weight is 713 g/mol. The molecule has 20 heteroatoms. The summed E-state index contributed by atoms with van der Waals surface area (Å²) in [7, 11) is 0. The molecule has 4 aliphatic heterocycles. The summed E-state index contributed by atoms with van der Waals surface area (Å²) in [6, 6.07) is -0.278. The molecule has 0 bridgehead atoms. The first-order valence-electron chi connectivity index (χ1n) is 15.2. The number of rotatable bonds is 10. The summed E-state index contributed by atoms with van der Waals surface area (Å²) in [5.41, 5.74) is 0.248. The first-order valence-corrected chi connectivity index (χ1v) is 15.2. The molecule has 1 aromatic carbocycles. The Bertz CT molecular complexity index is 1580. The summed E-state index contributed by atoms with van der Waals surface area (Å²) in [4.78, 5) is 35.3. The van der Waals surface area contributed by atoms with Crippen LogP contribution in [0, 0.1) is 0 Å². The van der Waals surface area contributed by atoms with Gasteiger partial charge in [-0.2, -0.15) is 4.58 Å². The monoisotopic (exact) mass is 712 g/mol. The van der Waals surface area contributed by atoms with E-state index in [0.29, 0.717) is 0 Å². The van der Waals surface area contributed by atoms with Gasteiger partial charge in [-0.1, -0.05) is 0 Å². The highest BCUT2D eigenvalue weighted by Gasteiger charge is 2.51. The first-order chi connectivity index (χ1) is 23.6. The van der Waals surface area contributed by atoms with Gasteiger partial charge in [0.25, 0.3) is 0 Å². The van der Waals surface area contributed by atoms with Crippen molar-refractivity contribution in [2.24, 2.45) is 0 Å². The summed E-state index contributed by atoms with van der Waals surface area (Å²) < 4.78 is 23.6. The number of aromatic hydroxyl groups is 1.